The summed E-state index contributed by atoms with van der Waals surface area (Å²) in [5, 5.41) is 14.7. The minimum atomic E-state index is -4.58. The zero-order valence-electron chi connectivity index (χ0n) is 17.8. The minimum absolute atomic E-state index is 0.00315. The Kier molecular flexibility index (Phi) is 5.27. The Balaban J connectivity index is 1.74. The number of nitrogens with one attached hydrogen (secondary N) is 1. The third kappa shape index (κ3) is 4.20. The summed E-state index contributed by atoms with van der Waals surface area (Å²) in [6, 6.07) is 2.83. The highest BCUT2D eigenvalue weighted by atomic mass is 35.5. The fourth-order valence-corrected chi connectivity index (χ4v) is 5.64. The van der Waals surface area contributed by atoms with Crippen LogP contribution in [0.1, 0.15) is 45.6 Å². The van der Waals surface area contributed by atoms with Crippen molar-refractivity contribution in [3.63, 3.8) is 0 Å². The van der Waals surface area contributed by atoms with Crippen LogP contribution in [0.3, 0.4) is 0 Å². The molecule has 0 amide bonds. The van der Waals surface area contributed by atoms with Gasteiger partial charge in [0.25, 0.3) is 0 Å². The number of alkyl halides is 3. The molecule has 1 aromatic heterocycles. The monoisotopic (exact) mass is 469 g/mol. The van der Waals surface area contributed by atoms with E-state index in [4.69, 9.17) is 11.6 Å². The quantitative estimate of drug-likeness (QED) is 0.423. The predicted molar refractivity (Wildman–Crippen MR) is 115 cm³/mol. The molecular weight excluding hydrogens is 447 g/mol. The Morgan fingerprint density at radius 1 is 1.25 bits per heavy atom. The van der Waals surface area contributed by atoms with E-state index in [1.165, 1.54) is 6.33 Å². The van der Waals surface area contributed by atoms with Gasteiger partial charge in [0.1, 0.15) is 6.33 Å². The van der Waals surface area contributed by atoms with Gasteiger partial charge in [0.15, 0.2) is 0 Å². The number of nitro groups is 1. The lowest BCUT2D eigenvalue weighted by Crippen LogP contribution is -2.35. The summed E-state index contributed by atoms with van der Waals surface area (Å²) in [5.41, 5.74) is -1.33. The SMILES string of the molecule is CC1(C)CC2CC(C)(CN2c2ncnc(Nc3cc(C(F)(F)F)ccc3Cl)c2[N+](=O)[O-])C1. The molecule has 32 heavy (non-hydrogen) atoms. The fourth-order valence-electron chi connectivity index (χ4n) is 5.47. The van der Waals surface area contributed by atoms with E-state index < -0.39 is 16.7 Å². The van der Waals surface area contributed by atoms with E-state index in [9.17, 15) is 23.3 Å². The first-order valence-electron chi connectivity index (χ1n) is 10.2. The van der Waals surface area contributed by atoms with Crippen LogP contribution in [0.15, 0.2) is 24.5 Å². The molecule has 1 saturated heterocycles. The molecule has 0 radical (unpaired) electrons. The zero-order valence-corrected chi connectivity index (χ0v) is 18.6. The summed E-state index contributed by atoms with van der Waals surface area (Å²) in [7, 11) is 0. The summed E-state index contributed by atoms with van der Waals surface area (Å²) < 4.78 is 39.4. The van der Waals surface area contributed by atoms with Gasteiger partial charge >= 0.3 is 11.9 Å². The molecule has 1 aromatic carbocycles. The van der Waals surface area contributed by atoms with Gasteiger partial charge in [0.05, 0.1) is 21.2 Å². The van der Waals surface area contributed by atoms with Crippen molar-refractivity contribution in [2.24, 2.45) is 10.8 Å². The number of nitrogens with zero attached hydrogens (tertiary/aromatic N) is 4. The second-order valence-corrected chi connectivity index (χ2v) is 10.2. The molecule has 2 heterocycles. The molecule has 1 saturated carbocycles. The van der Waals surface area contributed by atoms with Gasteiger partial charge < -0.3 is 10.2 Å². The van der Waals surface area contributed by atoms with Crippen molar-refractivity contribution >= 4 is 34.6 Å². The molecule has 172 valence electrons. The topological polar surface area (TPSA) is 84.2 Å². The van der Waals surface area contributed by atoms with E-state index in [0.717, 1.165) is 37.5 Å². The van der Waals surface area contributed by atoms with Gasteiger partial charge in [-0.05, 0) is 48.3 Å². The first-order chi connectivity index (χ1) is 14.8. The van der Waals surface area contributed by atoms with Gasteiger partial charge in [-0.25, -0.2) is 9.97 Å². The van der Waals surface area contributed by atoms with E-state index >= 15 is 0 Å². The van der Waals surface area contributed by atoms with Crippen LogP contribution in [0.25, 0.3) is 0 Å². The van der Waals surface area contributed by atoms with E-state index in [0.29, 0.717) is 6.54 Å². The van der Waals surface area contributed by atoms with Crippen LogP contribution in [-0.2, 0) is 6.18 Å². The largest absolute Gasteiger partial charge is 0.416 e. The molecule has 2 aromatic rings. The molecule has 7 nitrogen and oxygen atoms in total. The minimum Gasteiger partial charge on any atom is -0.347 e. The third-order valence-corrected chi connectivity index (χ3v) is 6.55. The van der Waals surface area contributed by atoms with E-state index in [2.05, 4.69) is 36.1 Å². The van der Waals surface area contributed by atoms with Crippen LogP contribution < -0.4 is 10.2 Å². The summed E-state index contributed by atoms with van der Waals surface area (Å²) in [4.78, 5) is 21.6. The van der Waals surface area contributed by atoms with Gasteiger partial charge in [-0.15, -0.1) is 0 Å². The summed E-state index contributed by atoms with van der Waals surface area (Å²) in [6.45, 7) is 7.17. The van der Waals surface area contributed by atoms with Crippen LogP contribution >= 0.6 is 11.6 Å². The van der Waals surface area contributed by atoms with E-state index in [1.807, 2.05) is 4.90 Å². The average Bonchev–Trinajstić information content (AvgIpc) is 2.90. The molecule has 1 aliphatic heterocycles. The fraction of sp³-hybridized carbons (Fsp3) is 0.524. The van der Waals surface area contributed by atoms with Gasteiger partial charge in [-0.1, -0.05) is 32.4 Å². The summed E-state index contributed by atoms with van der Waals surface area (Å²) in [6.07, 6.45) is -0.635. The standard InChI is InChI=1S/C21H23ClF3N5O2/c1-19(2)7-13-8-20(3,9-19)10-29(13)18-16(30(31)32)17(26-11-27-18)28-15-6-12(21(23,24)25)4-5-14(15)22/h4-6,11,13H,7-10H2,1-3H3,(H,26,27,28). The number of halogens is 4. The number of benzene rings is 1. The smallest absolute Gasteiger partial charge is 0.347 e. The maximum Gasteiger partial charge on any atom is 0.416 e. The van der Waals surface area contributed by atoms with Crippen molar-refractivity contribution < 1.29 is 18.1 Å². The molecule has 2 atom stereocenters. The van der Waals surface area contributed by atoms with Gasteiger partial charge in [0, 0.05) is 12.6 Å². The Hall–Kier alpha value is -2.62. The molecule has 1 aliphatic carbocycles. The van der Waals surface area contributed by atoms with Crippen LogP contribution in [0.2, 0.25) is 5.02 Å². The Bertz CT molecular complexity index is 1080. The zero-order chi connectivity index (χ0) is 23.5. The molecule has 0 spiro atoms. The molecule has 2 aliphatic rings. The molecule has 4 rings (SSSR count). The second kappa shape index (κ2) is 7.47. The highest BCUT2D eigenvalue weighted by Gasteiger charge is 2.51. The van der Waals surface area contributed by atoms with Crippen molar-refractivity contribution in [1.29, 1.82) is 0 Å². The summed E-state index contributed by atoms with van der Waals surface area (Å²) in [5.74, 6) is -0.0332. The number of rotatable bonds is 4. The highest BCUT2D eigenvalue weighted by molar-refractivity contribution is 6.33. The molecule has 11 heteroatoms. The maximum absolute atomic E-state index is 13.1. The van der Waals surface area contributed by atoms with Crippen LogP contribution in [-0.4, -0.2) is 27.5 Å². The van der Waals surface area contributed by atoms with Crippen LogP contribution in [0, 0.1) is 20.9 Å². The van der Waals surface area contributed by atoms with Gasteiger partial charge in [-0.2, -0.15) is 13.2 Å². The summed E-state index contributed by atoms with van der Waals surface area (Å²) >= 11 is 6.06. The van der Waals surface area contributed by atoms with Crippen molar-refractivity contribution in [1.82, 2.24) is 9.97 Å². The number of hydrogen-bond acceptors (Lipinski definition) is 6. The number of anilines is 3. The van der Waals surface area contributed by atoms with Crippen LogP contribution in [0.5, 0.6) is 0 Å². The average molecular weight is 470 g/mol. The van der Waals surface area contributed by atoms with E-state index in [-0.39, 0.29) is 44.9 Å². The Labute approximate surface area is 188 Å². The first kappa shape index (κ1) is 22.6. The van der Waals surface area contributed by atoms with Crippen molar-refractivity contribution in [2.45, 2.75) is 52.3 Å². The Morgan fingerprint density at radius 3 is 2.62 bits per heavy atom. The number of aromatic nitrogens is 2. The Morgan fingerprint density at radius 2 is 1.97 bits per heavy atom. The number of fused-ring (bicyclic) bond motifs is 2. The molecule has 1 N–H and O–H groups in total. The van der Waals surface area contributed by atoms with Crippen molar-refractivity contribution in [2.75, 3.05) is 16.8 Å². The van der Waals surface area contributed by atoms with Gasteiger partial charge in [0.2, 0.25) is 11.6 Å². The van der Waals surface area contributed by atoms with Gasteiger partial charge in [-0.3, -0.25) is 10.1 Å². The lowest BCUT2D eigenvalue weighted by molar-refractivity contribution is -0.383. The lowest BCUT2D eigenvalue weighted by atomic mass is 9.65. The van der Waals surface area contributed by atoms with Crippen molar-refractivity contribution in [3.8, 4) is 0 Å². The molecular formula is C21H23ClF3N5O2. The number of hydrogen-bond donors (Lipinski definition) is 1. The maximum atomic E-state index is 13.1. The van der Waals surface area contributed by atoms with E-state index in [1.54, 1.807) is 0 Å². The van der Waals surface area contributed by atoms with Crippen molar-refractivity contribution in [3.05, 3.63) is 45.2 Å². The molecule has 2 unspecified atom stereocenters. The third-order valence-electron chi connectivity index (χ3n) is 6.22. The lowest BCUT2D eigenvalue weighted by Gasteiger charge is -2.39. The normalized spacial score (nSPS) is 24.5. The molecule has 2 fully saturated rings. The second-order valence-electron chi connectivity index (χ2n) is 9.81. The predicted octanol–water partition coefficient (Wildman–Crippen LogP) is 6.21. The first-order valence-corrected chi connectivity index (χ1v) is 10.6. The highest BCUT2D eigenvalue weighted by Crippen LogP contribution is 2.54. The molecule has 2 bridgehead atoms. The van der Waals surface area contributed by atoms with Crippen LogP contribution in [0.4, 0.5) is 36.2 Å².